The van der Waals surface area contributed by atoms with Gasteiger partial charge in [0.15, 0.2) is 0 Å². The highest BCUT2D eigenvalue weighted by atomic mass is 127. The Morgan fingerprint density at radius 2 is 2.00 bits per heavy atom. The molecule has 2 unspecified atom stereocenters. The van der Waals surface area contributed by atoms with E-state index in [0.29, 0.717) is 11.6 Å². The lowest BCUT2D eigenvalue weighted by atomic mass is 10.0. The number of benzene rings is 1. The van der Waals surface area contributed by atoms with Crippen LogP contribution in [0.4, 0.5) is 10.5 Å². The van der Waals surface area contributed by atoms with E-state index in [0.717, 1.165) is 16.4 Å². The number of aromatic carboxylic acids is 1. The van der Waals surface area contributed by atoms with Crippen molar-refractivity contribution in [3.63, 3.8) is 0 Å². The Labute approximate surface area is 138 Å². The molecule has 0 saturated carbocycles. The second kappa shape index (κ2) is 8.21. The zero-order valence-electron chi connectivity index (χ0n) is 12.4. The van der Waals surface area contributed by atoms with Crippen molar-refractivity contribution >= 4 is 40.3 Å². The SMILES string of the molecule is CCC(C)CC(C)NC(=O)Nc1ccc(I)cc1C(=O)O. The van der Waals surface area contributed by atoms with Gasteiger partial charge < -0.3 is 15.7 Å². The van der Waals surface area contributed by atoms with E-state index >= 15 is 0 Å². The highest BCUT2D eigenvalue weighted by Gasteiger charge is 2.15. The minimum absolute atomic E-state index is 0.0390. The lowest BCUT2D eigenvalue weighted by molar-refractivity contribution is 0.0698. The van der Waals surface area contributed by atoms with E-state index in [-0.39, 0.29) is 17.6 Å². The van der Waals surface area contributed by atoms with Crippen LogP contribution < -0.4 is 10.6 Å². The summed E-state index contributed by atoms with van der Waals surface area (Å²) in [6, 6.07) is 4.54. The summed E-state index contributed by atoms with van der Waals surface area (Å²) in [7, 11) is 0. The van der Waals surface area contributed by atoms with E-state index < -0.39 is 5.97 Å². The molecule has 0 saturated heterocycles. The second-order valence-electron chi connectivity index (χ2n) is 5.24. The van der Waals surface area contributed by atoms with Crippen LogP contribution in [0.5, 0.6) is 0 Å². The Morgan fingerprint density at radius 1 is 1.33 bits per heavy atom. The standard InChI is InChI=1S/C15H21IN2O3/c1-4-9(2)7-10(3)17-15(21)18-13-6-5-11(16)8-12(13)14(19)20/h5-6,8-10H,4,7H2,1-3H3,(H,19,20)(H2,17,18,21). The number of hydrogen-bond acceptors (Lipinski definition) is 2. The highest BCUT2D eigenvalue weighted by molar-refractivity contribution is 14.1. The smallest absolute Gasteiger partial charge is 0.337 e. The fourth-order valence-corrected chi connectivity index (χ4v) is 2.50. The first kappa shape index (κ1) is 17.7. The number of nitrogens with one attached hydrogen (secondary N) is 2. The number of anilines is 1. The summed E-state index contributed by atoms with van der Waals surface area (Å²) >= 11 is 2.03. The maximum absolute atomic E-state index is 11.9. The van der Waals surface area contributed by atoms with Crippen molar-refractivity contribution in [3.8, 4) is 0 Å². The number of amides is 2. The van der Waals surface area contributed by atoms with Crippen molar-refractivity contribution < 1.29 is 14.7 Å². The molecule has 0 aliphatic rings. The molecule has 1 aromatic carbocycles. The first-order valence-corrected chi connectivity index (χ1v) is 8.01. The van der Waals surface area contributed by atoms with Crippen molar-refractivity contribution in [2.45, 2.75) is 39.7 Å². The van der Waals surface area contributed by atoms with Gasteiger partial charge in [-0.05, 0) is 60.1 Å². The number of halogens is 1. The maximum Gasteiger partial charge on any atom is 0.337 e. The Balaban J connectivity index is 2.69. The molecular formula is C15H21IN2O3. The summed E-state index contributed by atoms with van der Waals surface area (Å²) in [6.45, 7) is 6.19. The molecule has 1 aromatic rings. The van der Waals surface area contributed by atoms with Gasteiger partial charge in [0.1, 0.15) is 0 Å². The predicted octanol–water partition coefficient (Wildman–Crippen LogP) is 3.94. The zero-order chi connectivity index (χ0) is 16.0. The van der Waals surface area contributed by atoms with Gasteiger partial charge in [-0.3, -0.25) is 0 Å². The van der Waals surface area contributed by atoms with Crippen molar-refractivity contribution in [1.82, 2.24) is 5.32 Å². The molecular weight excluding hydrogens is 383 g/mol. The largest absolute Gasteiger partial charge is 0.478 e. The topological polar surface area (TPSA) is 78.4 Å². The Hall–Kier alpha value is -1.31. The molecule has 1 rings (SSSR count). The number of rotatable bonds is 6. The average molecular weight is 404 g/mol. The van der Waals surface area contributed by atoms with E-state index in [1.54, 1.807) is 12.1 Å². The summed E-state index contributed by atoms with van der Waals surface area (Å²) < 4.78 is 0.807. The second-order valence-corrected chi connectivity index (χ2v) is 6.49. The van der Waals surface area contributed by atoms with Gasteiger partial charge in [0.25, 0.3) is 0 Å². The number of carboxylic acids is 1. The van der Waals surface area contributed by atoms with E-state index in [1.807, 2.05) is 29.5 Å². The molecule has 0 bridgehead atoms. The van der Waals surface area contributed by atoms with Gasteiger partial charge in [0, 0.05) is 9.61 Å². The third-order valence-corrected chi connectivity index (χ3v) is 3.96. The van der Waals surface area contributed by atoms with Gasteiger partial charge >= 0.3 is 12.0 Å². The van der Waals surface area contributed by atoms with E-state index in [9.17, 15) is 9.59 Å². The molecule has 0 radical (unpaired) electrons. The molecule has 2 atom stereocenters. The Bertz CT molecular complexity index is 520. The molecule has 21 heavy (non-hydrogen) atoms. The van der Waals surface area contributed by atoms with Crippen molar-refractivity contribution in [3.05, 3.63) is 27.3 Å². The van der Waals surface area contributed by atoms with E-state index in [4.69, 9.17) is 5.11 Å². The van der Waals surface area contributed by atoms with Crippen molar-refractivity contribution in [2.24, 2.45) is 5.92 Å². The molecule has 0 spiro atoms. The monoisotopic (exact) mass is 404 g/mol. The molecule has 3 N–H and O–H groups in total. The third-order valence-electron chi connectivity index (χ3n) is 3.29. The van der Waals surface area contributed by atoms with Gasteiger partial charge in [0.05, 0.1) is 11.3 Å². The maximum atomic E-state index is 11.9. The number of carbonyl (C=O) groups is 2. The van der Waals surface area contributed by atoms with Gasteiger partial charge in [-0.25, -0.2) is 9.59 Å². The van der Waals surface area contributed by atoms with Gasteiger partial charge in [-0.15, -0.1) is 0 Å². The molecule has 2 amide bonds. The normalized spacial score (nSPS) is 13.3. The summed E-state index contributed by atoms with van der Waals surface area (Å²) in [5.41, 5.74) is 0.391. The number of carboxylic acid groups (broad SMARTS) is 1. The fraction of sp³-hybridized carbons (Fsp3) is 0.467. The fourth-order valence-electron chi connectivity index (χ4n) is 2.01. The van der Waals surface area contributed by atoms with Crippen LogP contribution in [0, 0.1) is 9.49 Å². The summed E-state index contributed by atoms with van der Waals surface area (Å²) in [5, 5.41) is 14.6. The van der Waals surface area contributed by atoms with Gasteiger partial charge in [-0.2, -0.15) is 0 Å². The number of carbonyl (C=O) groups excluding carboxylic acids is 1. The van der Waals surface area contributed by atoms with Crippen LogP contribution in [0.25, 0.3) is 0 Å². The van der Waals surface area contributed by atoms with Crippen LogP contribution in [-0.2, 0) is 0 Å². The first-order chi connectivity index (χ1) is 9.83. The molecule has 116 valence electrons. The predicted molar refractivity (Wildman–Crippen MR) is 91.8 cm³/mol. The lowest BCUT2D eigenvalue weighted by Gasteiger charge is -2.18. The van der Waals surface area contributed by atoms with Crippen molar-refractivity contribution in [2.75, 3.05) is 5.32 Å². The van der Waals surface area contributed by atoms with Crippen LogP contribution >= 0.6 is 22.6 Å². The molecule has 0 aliphatic carbocycles. The third kappa shape index (κ3) is 5.91. The Morgan fingerprint density at radius 3 is 2.57 bits per heavy atom. The zero-order valence-corrected chi connectivity index (χ0v) is 14.6. The molecule has 0 aromatic heterocycles. The van der Waals surface area contributed by atoms with Crippen LogP contribution in [0.1, 0.15) is 44.0 Å². The minimum Gasteiger partial charge on any atom is -0.478 e. The summed E-state index contributed by atoms with van der Waals surface area (Å²) in [5.74, 6) is -0.523. The number of hydrogen-bond donors (Lipinski definition) is 3. The minimum atomic E-state index is -1.06. The van der Waals surface area contributed by atoms with Crippen LogP contribution in [0.3, 0.4) is 0 Å². The Kier molecular flexibility index (Phi) is 6.94. The highest BCUT2D eigenvalue weighted by Crippen LogP contribution is 2.19. The first-order valence-electron chi connectivity index (χ1n) is 6.93. The lowest BCUT2D eigenvalue weighted by Crippen LogP contribution is -2.37. The van der Waals surface area contributed by atoms with Gasteiger partial charge in [-0.1, -0.05) is 20.3 Å². The van der Waals surface area contributed by atoms with Crippen LogP contribution in [0.2, 0.25) is 0 Å². The molecule has 0 fully saturated rings. The van der Waals surface area contributed by atoms with Crippen molar-refractivity contribution in [1.29, 1.82) is 0 Å². The van der Waals surface area contributed by atoms with E-state index in [2.05, 4.69) is 24.5 Å². The van der Waals surface area contributed by atoms with Gasteiger partial charge in [0.2, 0.25) is 0 Å². The molecule has 0 heterocycles. The summed E-state index contributed by atoms with van der Waals surface area (Å²) in [4.78, 5) is 23.1. The number of urea groups is 1. The van der Waals surface area contributed by atoms with Crippen LogP contribution in [0.15, 0.2) is 18.2 Å². The van der Waals surface area contributed by atoms with E-state index in [1.165, 1.54) is 6.07 Å². The summed E-state index contributed by atoms with van der Waals surface area (Å²) in [6.07, 6.45) is 1.95. The van der Waals surface area contributed by atoms with Crippen LogP contribution in [-0.4, -0.2) is 23.1 Å². The average Bonchev–Trinajstić information content (AvgIpc) is 2.40. The quantitative estimate of drug-likeness (QED) is 0.629. The molecule has 6 heteroatoms. The molecule has 0 aliphatic heterocycles. The molecule has 5 nitrogen and oxygen atoms in total.